The highest BCUT2D eigenvalue weighted by Crippen LogP contribution is 2.35. The molecule has 2 aromatic carbocycles. The van der Waals surface area contributed by atoms with Crippen LogP contribution in [0.1, 0.15) is 13.8 Å². The Morgan fingerprint density at radius 3 is 1.31 bits per heavy atom. The molecule has 0 radical (unpaired) electrons. The summed E-state index contributed by atoms with van der Waals surface area (Å²) in [5, 5.41) is 0. The number of esters is 2. The summed E-state index contributed by atoms with van der Waals surface area (Å²) >= 11 is 1.64. The third-order valence-corrected chi connectivity index (χ3v) is 5.19. The zero-order valence-corrected chi connectivity index (χ0v) is 17.0. The van der Waals surface area contributed by atoms with Gasteiger partial charge >= 0.3 is 11.9 Å². The molecule has 0 spiro atoms. The average molecular weight is 404 g/mol. The van der Waals surface area contributed by atoms with Crippen molar-refractivity contribution in [2.75, 3.05) is 0 Å². The van der Waals surface area contributed by atoms with Crippen LogP contribution in [0.3, 0.4) is 0 Å². The normalized spacial score (nSPS) is 10.3. The molecule has 0 aliphatic heterocycles. The largest absolute Gasteiger partial charge is 0.423 e. The predicted molar refractivity (Wildman–Crippen MR) is 116 cm³/mol. The summed E-state index contributed by atoms with van der Waals surface area (Å²) in [6.07, 6.45) is 0. The monoisotopic (exact) mass is 404 g/mol. The molecule has 0 aliphatic carbocycles. The highest BCUT2D eigenvalue weighted by Gasteiger charge is 2.09. The highest BCUT2D eigenvalue weighted by molar-refractivity contribution is 7.18. The standard InChI is InChI=1S/C24H20O4S/c1-15(2)23(25)27-19-9-5-17(6-10-19)21-13-14-22(29-21)18-7-11-20(12-8-18)28-24(26)16(3)4/h5-14H,1,3H2,2,4H3. The van der Waals surface area contributed by atoms with E-state index in [1.807, 2.05) is 36.4 Å². The molecule has 29 heavy (non-hydrogen) atoms. The number of rotatable bonds is 6. The van der Waals surface area contributed by atoms with E-state index in [4.69, 9.17) is 9.47 Å². The zero-order valence-electron chi connectivity index (χ0n) is 16.2. The van der Waals surface area contributed by atoms with Crippen LogP contribution in [0.15, 0.2) is 85.0 Å². The Hall–Kier alpha value is -3.44. The number of carbonyl (C=O) groups excluding carboxylic acids is 2. The van der Waals surface area contributed by atoms with Crippen molar-refractivity contribution in [2.24, 2.45) is 0 Å². The number of thiophene rings is 1. The minimum Gasteiger partial charge on any atom is -0.423 e. The van der Waals surface area contributed by atoms with Gasteiger partial charge in [-0.25, -0.2) is 9.59 Å². The molecule has 3 aromatic rings. The van der Waals surface area contributed by atoms with E-state index in [1.165, 1.54) is 0 Å². The molecule has 1 heterocycles. The van der Waals surface area contributed by atoms with Crippen molar-refractivity contribution < 1.29 is 19.1 Å². The highest BCUT2D eigenvalue weighted by atomic mass is 32.1. The molecule has 0 saturated heterocycles. The lowest BCUT2D eigenvalue weighted by atomic mass is 10.1. The first-order valence-corrected chi connectivity index (χ1v) is 9.71. The molecule has 0 amide bonds. The van der Waals surface area contributed by atoms with Crippen LogP contribution in [0.25, 0.3) is 20.9 Å². The molecule has 4 nitrogen and oxygen atoms in total. The summed E-state index contributed by atoms with van der Waals surface area (Å²) in [7, 11) is 0. The van der Waals surface area contributed by atoms with Crippen LogP contribution in [-0.4, -0.2) is 11.9 Å². The third kappa shape index (κ3) is 5.09. The maximum Gasteiger partial charge on any atom is 0.338 e. The average Bonchev–Trinajstić information content (AvgIpc) is 3.19. The van der Waals surface area contributed by atoms with Crippen LogP contribution in [0.2, 0.25) is 0 Å². The molecule has 1 aromatic heterocycles. The first kappa shape index (κ1) is 20.3. The molecule has 3 rings (SSSR count). The third-order valence-electron chi connectivity index (χ3n) is 4.00. The maximum absolute atomic E-state index is 11.6. The van der Waals surface area contributed by atoms with E-state index in [-0.39, 0.29) is 0 Å². The Morgan fingerprint density at radius 2 is 1.00 bits per heavy atom. The number of hydrogen-bond donors (Lipinski definition) is 0. The molecule has 0 unspecified atom stereocenters. The van der Waals surface area contributed by atoms with Gasteiger partial charge in [0.05, 0.1) is 0 Å². The maximum atomic E-state index is 11.6. The van der Waals surface area contributed by atoms with Gasteiger partial charge in [0.2, 0.25) is 0 Å². The SMILES string of the molecule is C=C(C)C(=O)Oc1ccc(-c2ccc(-c3ccc(OC(=O)C(=C)C)cc3)s2)cc1. The fourth-order valence-electron chi connectivity index (χ4n) is 2.41. The minimum absolute atomic E-state index is 0.359. The van der Waals surface area contributed by atoms with E-state index in [0.717, 1.165) is 20.9 Å². The van der Waals surface area contributed by atoms with Crippen LogP contribution in [-0.2, 0) is 9.59 Å². The summed E-state index contributed by atoms with van der Waals surface area (Å²) in [5.41, 5.74) is 2.78. The minimum atomic E-state index is -0.437. The van der Waals surface area contributed by atoms with Gasteiger partial charge in [-0.05, 0) is 85.6 Å². The van der Waals surface area contributed by atoms with E-state index in [1.54, 1.807) is 49.4 Å². The molecule has 0 bridgehead atoms. The van der Waals surface area contributed by atoms with E-state index >= 15 is 0 Å². The number of benzene rings is 2. The fraction of sp³-hybridized carbons (Fsp3) is 0.0833. The second-order valence-electron chi connectivity index (χ2n) is 6.55. The Labute approximate surface area is 173 Å². The first-order valence-electron chi connectivity index (χ1n) is 8.89. The Balaban J connectivity index is 1.72. The van der Waals surface area contributed by atoms with Crippen LogP contribution in [0, 0.1) is 0 Å². The summed E-state index contributed by atoms with van der Waals surface area (Å²) in [6.45, 7) is 10.4. The number of carbonyl (C=O) groups is 2. The van der Waals surface area contributed by atoms with Crippen molar-refractivity contribution in [1.82, 2.24) is 0 Å². The van der Waals surface area contributed by atoms with E-state index in [9.17, 15) is 9.59 Å². The quantitative estimate of drug-likeness (QED) is 0.285. The van der Waals surface area contributed by atoms with Gasteiger partial charge in [-0.1, -0.05) is 13.2 Å². The van der Waals surface area contributed by atoms with Gasteiger partial charge in [0.1, 0.15) is 11.5 Å². The molecule has 5 heteroatoms. The van der Waals surface area contributed by atoms with Crippen molar-refractivity contribution in [1.29, 1.82) is 0 Å². The lowest BCUT2D eigenvalue weighted by Crippen LogP contribution is -2.07. The second kappa shape index (κ2) is 8.71. The van der Waals surface area contributed by atoms with Gasteiger partial charge in [0.25, 0.3) is 0 Å². The van der Waals surface area contributed by atoms with Gasteiger partial charge < -0.3 is 9.47 Å². The van der Waals surface area contributed by atoms with Crippen LogP contribution in [0.4, 0.5) is 0 Å². The Morgan fingerprint density at radius 1 is 0.655 bits per heavy atom. The van der Waals surface area contributed by atoms with Gasteiger partial charge in [-0.15, -0.1) is 11.3 Å². The van der Waals surface area contributed by atoms with Crippen molar-refractivity contribution >= 4 is 23.3 Å². The van der Waals surface area contributed by atoms with Crippen molar-refractivity contribution in [3.8, 4) is 32.4 Å². The Bertz CT molecular complexity index is 987. The topological polar surface area (TPSA) is 52.6 Å². The van der Waals surface area contributed by atoms with Crippen LogP contribution >= 0.6 is 11.3 Å². The second-order valence-corrected chi connectivity index (χ2v) is 7.64. The molecular formula is C24H20O4S. The smallest absolute Gasteiger partial charge is 0.338 e. The number of ether oxygens (including phenoxy) is 2. The van der Waals surface area contributed by atoms with Gasteiger partial charge in [0, 0.05) is 20.9 Å². The fourth-order valence-corrected chi connectivity index (χ4v) is 3.43. The lowest BCUT2D eigenvalue weighted by Gasteiger charge is -2.05. The van der Waals surface area contributed by atoms with Crippen molar-refractivity contribution in [3.63, 3.8) is 0 Å². The molecule has 0 atom stereocenters. The Kier molecular flexibility index (Phi) is 6.10. The summed E-state index contributed by atoms with van der Waals surface area (Å²) in [6, 6.07) is 18.8. The zero-order chi connectivity index (χ0) is 21.0. The van der Waals surface area contributed by atoms with Gasteiger partial charge in [0.15, 0.2) is 0 Å². The molecule has 0 saturated carbocycles. The van der Waals surface area contributed by atoms with E-state index < -0.39 is 11.9 Å². The predicted octanol–water partition coefficient (Wildman–Crippen LogP) is 6.05. The van der Waals surface area contributed by atoms with E-state index in [2.05, 4.69) is 13.2 Å². The van der Waals surface area contributed by atoms with E-state index in [0.29, 0.717) is 22.6 Å². The van der Waals surface area contributed by atoms with Crippen LogP contribution < -0.4 is 9.47 Å². The number of hydrogen-bond acceptors (Lipinski definition) is 5. The molecule has 146 valence electrons. The summed E-state index contributed by atoms with van der Waals surface area (Å²) in [4.78, 5) is 25.4. The molecule has 0 fully saturated rings. The molecular weight excluding hydrogens is 384 g/mol. The van der Waals surface area contributed by atoms with Gasteiger partial charge in [-0.2, -0.15) is 0 Å². The molecule has 0 aliphatic rings. The first-order chi connectivity index (χ1) is 13.8. The van der Waals surface area contributed by atoms with Crippen molar-refractivity contribution in [2.45, 2.75) is 13.8 Å². The lowest BCUT2D eigenvalue weighted by molar-refractivity contribution is -0.130. The van der Waals surface area contributed by atoms with Gasteiger partial charge in [-0.3, -0.25) is 0 Å². The summed E-state index contributed by atoms with van der Waals surface area (Å²) in [5.74, 6) is 0.0962. The van der Waals surface area contributed by atoms with Crippen LogP contribution in [0.5, 0.6) is 11.5 Å². The molecule has 0 N–H and O–H groups in total. The summed E-state index contributed by atoms with van der Waals surface area (Å²) < 4.78 is 10.4. The van der Waals surface area contributed by atoms with Crippen molar-refractivity contribution in [3.05, 3.63) is 85.0 Å².